The number of carboxylic acid groups (broad SMARTS) is 1. The SMILES string of the molecule is O=C(O)/C=C\C(=O)Nc1ccc(N2CCN(c3cccc(Cl)c3)CC2)cc1. The summed E-state index contributed by atoms with van der Waals surface area (Å²) in [6, 6.07) is 15.4. The third kappa shape index (κ3) is 5.24. The van der Waals surface area contributed by atoms with E-state index in [1.54, 1.807) is 0 Å². The molecule has 0 aromatic heterocycles. The van der Waals surface area contributed by atoms with Gasteiger partial charge in [0.05, 0.1) is 0 Å². The third-order valence-electron chi connectivity index (χ3n) is 4.33. The Morgan fingerprint density at radius 3 is 2.15 bits per heavy atom. The lowest BCUT2D eigenvalue weighted by Crippen LogP contribution is -2.46. The Morgan fingerprint density at radius 2 is 1.56 bits per heavy atom. The van der Waals surface area contributed by atoms with Gasteiger partial charge in [-0.1, -0.05) is 17.7 Å². The van der Waals surface area contributed by atoms with E-state index >= 15 is 0 Å². The molecule has 6 nitrogen and oxygen atoms in total. The summed E-state index contributed by atoms with van der Waals surface area (Å²) < 4.78 is 0. The minimum absolute atomic E-state index is 0.472. The van der Waals surface area contributed by atoms with Crippen LogP contribution in [0.3, 0.4) is 0 Å². The Labute approximate surface area is 162 Å². The summed E-state index contributed by atoms with van der Waals surface area (Å²) in [5.74, 6) is -1.63. The van der Waals surface area contributed by atoms with Gasteiger partial charge < -0.3 is 20.2 Å². The zero-order valence-corrected chi connectivity index (χ0v) is 15.4. The monoisotopic (exact) mass is 385 g/mol. The molecule has 0 bridgehead atoms. The van der Waals surface area contributed by atoms with Gasteiger partial charge in [0.15, 0.2) is 0 Å². The first kappa shape index (κ1) is 18.8. The number of carboxylic acids is 1. The van der Waals surface area contributed by atoms with Crippen LogP contribution in [0, 0.1) is 0 Å². The molecular weight excluding hydrogens is 366 g/mol. The third-order valence-corrected chi connectivity index (χ3v) is 4.57. The summed E-state index contributed by atoms with van der Waals surface area (Å²) in [6.45, 7) is 3.58. The zero-order valence-electron chi connectivity index (χ0n) is 14.6. The lowest BCUT2D eigenvalue weighted by molar-refractivity contribution is -0.131. The highest BCUT2D eigenvalue weighted by molar-refractivity contribution is 6.30. The van der Waals surface area contributed by atoms with Crippen LogP contribution in [0.5, 0.6) is 0 Å². The molecule has 1 heterocycles. The smallest absolute Gasteiger partial charge is 0.328 e. The van der Waals surface area contributed by atoms with Gasteiger partial charge in [0.1, 0.15) is 0 Å². The van der Waals surface area contributed by atoms with Crippen molar-refractivity contribution in [3.63, 3.8) is 0 Å². The highest BCUT2D eigenvalue weighted by Gasteiger charge is 2.17. The predicted octanol–water partition coefficient (Wildman–Crippen LogP) is 3.25. The van der Waals surface area contributed by atoms with Gasteiger partial charge in [0.2, 0.25) is 5.91 Å². The average molecular weight is 386 g/mol. The second-order valence-corrected chi connectivity index (χ2v) is 6.60. The summed E-state index contributed by atoms with van der Waals surface area (Å²) in [6.07, 6.45) is 1.80. The lowest BCUT2D eigenvalue weighted by Gasteiger charge is -2.37. The molecule has 0 aliphatic carbocycles. The van der Waals surface area contributed by atoms with Gasteiger partial charge in [-0.15, -0.1) is 0 Å². The molecule has 1 saturated heterocycles. The second kappa shape index (κ2) is 8.60. The molecule has 1 aliphatic rings. The van der Waals surface area contributed by atoms with E-state index in [2.05, 4.69) is 21.2 Å². The van der Waals surface area contributed by atoms with E-state index in [-0.39, 0.29) is 0 Å². The maximum atomic E-state index is 11.6. The van der Waals surface area contributed by atoms with Crippen LogP contribution in [0.2, 0.25) is 5.02 Å². The van der Waals surface area contributed by atoms with E-state index < -0.39 is 11.9 Å². The Balaban J connectivity index is 1.55. The molecule has 2 aromatic carbocycles. The molecular formula is C20H20ClN3O3. The number of anilines is 3. The number of nitrogens with zero attached hydrogens (tertiary/aromatic N) is 2. The normalized spacial score (nSPS) is 14.4. The highest BCUT2D eigenvalue weighted by Crippen LogP contribution is 2.24. The summed E-state index contributed by atoms with van der Waals surface area (Å²) in [5, 5.41) is 11.9. The van der Waals surface area contributed by atoms with Crippen molar-refractivity contribution in [2.24, 2.45) is 0 Å². The number of hydrogen-bond acceptors (Lipinski definition) is 4. The number of halogens is 1. The van der Waals surface area contributed by atoms with E-state index in [4.69, 9.17) is 16.7 Å². The van der Waals surface area contributed by atoms with Crippen LogP contribution in [0.1, 0.15) is 0 Å². The van der Waals surface area contributed by atoms with Gasteiger partial charge in [0.25, 0.3) is 0 Å². The number of nitrogens with one attached hydrogen (secondary N) is 1. The summed E-state index contributed by atoms with van der Waals surface area (Å²) in [7, 11) is 0. The first-order valence-corrected chi connectivity index (χ1v) is 8.96. The molecule has 140 valence electrons. The maximum absolute atomic E-state index is 11.6. The van der Waals surface area contributed by atoms with Crippen LogP contribution in [-0.2, 0) is 9.59 Å². The van der Waals surface area contributed by atoms with Gasteiger partial charge in [-0.3, -0.25) is 4.79 Å². The fourth-order valence-electron chi connectivity index (χ4n) is 2.98. The predicted molar refractivity (Wildman–Crippen MR) is 108 cm³/mol. The van der Waals surface area contributed by atoms with Crippen LogP contribution < -0.4 is 15.1 Å². The number of benzene rings is 2. The van der Waals surface area contributed by atoms with E-state index in [1.165, 1.54) is 0 Å². The van der Waals surface area contributed by atoms with Gasteiger partial charge in [-0.05, 0) is 42.5 Å². The largest absolute Gasteiger partial charge is 0.478 e. The van der Waals surface area contributed by atoms with Gasteiger partial charge in [-0.2, -0.15) is 0 Å². The number of carbonyl (C=O) groups excluding carboxylic acids is 1. The zero-order chi connectivity index (χ0) is 19.2. The standard InChI is InChI=1S/C20H20ClN3O3/c21-15-2-1-3-18(14-15)24-12-10-23(11-13-24)17-6-4-16(5-7-17)22-19(25)8-9-20(26)27/h1-9,14H,10-13H2,(H,22,25)(H,26,27)/b9-8-. The maximum Gasteiger partial charge on any atom is 0.328 e. The van der Waals surface area contributed by atoms with Crippen molar-refractivity contribution in [2.45, 2.75) is 0 Å². The molecule has 0 atom stereocenters. The Bertz CT molecular complexity index is 844. The lowest BCUT2D eigenvalue weighted by atomic mass is 10.2. The van der Waals surface area contributed by atoms with Crippen LogP contribution in [0.25, 0.3) is 0 Å². The topological polar surface area (TPSA) is 72.9 Å². The van der Waals surface area contributed by atoms with Gasteiger partial charge >= 0.3 is 5.97 Å². The molecule has 1 fully saturated rings. The Morgan fingerprint density at radius 1 is 0.926 bits per heavy atom. The van der Waals surface area contributed by atoms with Crippen LogP contribution in [0.15, 0.2) is 60.7 Å². The van der Waals surface area contributed by atoms with E-state index in [0.717, 1.165) is 54.7 Å². The molecule has 27 heavy (non-hydrogen) atoms. The molecule has 0 saturated carbocycles. The number of piperazine rings is 1. The Hall–Kier alpha value is -2.99. The minimum Gasteiger partial charge on any atom is -0.478 e. The average Bonchev–Trinajstić information content (AvgIpc) is 2.67. The molecule has 0 unspecified atom stereocenters. The van der Waals surface area contributed by atoms with Gasteiger partial charge in [-0.25, -0.2) is 4.79 Å². The molecule has 1 amide bonds. The van der Waals surface area contributed by atoms with Crippen molar-refractivity contribution in [3.8, 4) is 0 Å². The number of amides is 1. The minimum atomic E-state index is -1.16. The van der Waals surface area contributed by atoms with E-state index in [1.807, 2.05) is 42.5 Å². The number of hydrogen-bond donors (Lipinski definition) is 2. The molecule has 0 spiro atoms. The van der Waals surface area contributed by atoms with Crippen molar-refractivity contribution in [1.82, 2.24) is 0 Å². The number of rotatable bonds is 5. The molecule has 2 aromatic rings. The van der Waals surface area contributed by atoms with Gasteiger partial charge in [0, 0.05) is 60.4 Å². The van der Waals surface area contributed by atoms with Crippen molar-refractivity contribution in [1.29, 1.82) is 0 Å². The Kier molecular flexibility index (Phi) is 5.98. The molecule has 3 rings (SSSR count). The fourth-order valence-corrected chi connectivity index (χ4v) is 3.17. The van der Waals surface area contributed by atoms with Crippen molar-refractivity contribution < 1.29 is 14.7 Å². The van der Waals surface area contributed by atoms with E-state index in [9.17, 15) is 9.59 Å². The molecule has 2 N–H and O–H groups in total. The van der Waals surface area contributed by atoms with Crippen LogP contribution in [0.4, 0.5) is 17.1 Å². The van der Waals surface area contributed by atoms with Crippen molar-refractivity contribution in [2.75, 3.05) is 41.3 Å². The van der Waals surface area contributed by atoms with Crippen molar-refractivity contribution in [3.05, 3.63) is 65.7 Å². The summed E-state index contributed by atoms with van der Waals surface area (Å²) in [4.78, 5) is 26.6. The highest BCUT2D eigenvalue weighted by atomic mass is 35.5. The molecule has 1 aliphatic heterocycles. The molecule has 7 heteroatoms. The molecule has 0 radical (unpaired) electrons. The number of carbonyl (C=O) groups is 2. The van der Waals surface area contributed by atoms with Crippen LogP contribution in [-0.4, -0.2) is 43.2 Å². The first-order valence-electron chi connectivity index (χ1n) is 8.59. The van der Waals surface area contributed by atoms with Crippen LogP contribution >= 0.6 is 11.6 Å². The quantitative estimate of drug-likeness (QED) is 0.773. The summed E-state index contributed by atoms with van der Waals surface area (Å²) in [5.41, 5.74) is 2.84. The fraction of sp³-hybridized carbons (Fsp3) is 0.200. The first-order chi connectivity index (χ1) is 13.0. The second-order valence-electron chi connectivity index (χ2n) is 6.16. The summed E-state index contributed by atoms with van der Waals surface area (Å²) >= 11 is 6.07. The number of aliphatic carboxylic acids is 1. The van der Waals surface area contributed by atoms with Crippen molar-refractivity contribution >= 4 is 40.5 Å². The van der Waals surface area contributed by atoms with E-state index in [0.29, 0.717) is 5.69 Å².